The van der Waals surface area contributed by atoms with Gasteiger partial charge in [0, 0.05) is 26.3 Å². The zero-order chi connectivity index (χ0) is 28.4. The number of hydrogen-bond donors (Lipinski definition) is 2. The van der Waals surface area contributed by atoms with Gasteiger partial charge >= 0.3 is 0 Å². The van der Waals surface area contributed by atoms with Gasteiger partial charge in [0.25, 0.3) is 12.7 Å². The van der Waals surface area contributed by atoms with Crippen LogP contribution >= 0.6 is 31.9 Å². The summed E-state index contributed by atoms with van der Waals surface area (Å²) in [6, 6.07) is 26.5. The van der Waals surface area contributed by atoms with E-state index in [-0.39, 0.29) is 5.75 Å². The lowest BCUT2D eigenvalue weighted by atomic mass is 10.1. The highest BCUT2D eigenvalue weighted by atomic mass is 79.9. The van der Waals surface area contributed by atoms with Gasteiger partial charge in [-0.15, -0.1) is 10.2 Å². The fraction of sp³-hybridized carbons (Fsp3) is 0.100. The Morgan fingerprint density at radius 1 is 0.762 bits per heavy atom. The van der Waals surface area contributed by atoms with E-state index in [0.29, 0.717) is 34.4 Å². The number of nitrogens with one attached hydrogen (secondary N) is 1. The second kappa shape index (κ2) is 9.86. The first-order valence-corrected chi connectivity index (χ1v) is 14.6. The van der Waals surface area contributed by atoms with Crippen LogP contribution in [0.3, 0.4) is 0 Å². The quantitative estimate of drug-likeness (QED) is 0.272. The minimum Gasteiger partial charge on any atom is -0.507 e. The molecule has 4 aliphatic heterocycles. The third-order valence-electron chi connectivity index (χ3n) is 7.17. The third kappa shape index (κ3) is 4.05. The van der Waals surface area contributed by atoms with Crippen molar-refractivity contribution >= 4 is 61.2 Å². The van der Waals surface area contributed by atoms with Crippen molar-refractivity contribution in [2.45, 2.75) is 18.9 Å². The van der Waals surface area contributed by atoms with E-state index in [1.54, 1.807) is 28.4 Å². The molecular formula is C30H20Br2N6O4. The first-order chi connectivity index (χ1) is 20.5. The monoisotopic (exact) mass is 686 g/mol. The predicted molar refractivity (Wildman–Crippen MR) is 165 cm³/mol. The van der Waals surface area contributed by atoms with E-state index < -0.39 is 18.9 Å². The van der Waals surface area contributed by atoms with E-state index in [1.165, 1.54) is 0 Å². The van der Waals surface area contributed by atoms with Crippen molar-refractivity contribution in [2.75, 3.05) is 10.0 Å². The summed E-state index contributed by atoms with van der Waals surface area (Å²) in [6.07, 6.45) is -0.384. The van der Waals surface area contributed by atoms with Crippen LogP contribution in [-0.2, 0) is 9.47 Å². The number of halogens is 2. The third-order valence-corrected chi connectivity index (χ3v) is 8.45. The number of ether oxygens (including phenoxy) is 3. The molecule has 0 spiro atoms. The minimum absolute atomic E-state index is 0.0530. The largest absolute Gasteiger partial charge is 0.507 e. The lowest BCUT2D eigenvalue weighted by molar-refractivity contribution is 0.0635. The number of rotatable bonds is 4. The first-order valence-electron chi connectivity index (χ1n) is 13.0. The Balaban J connectivity index is 1.16. The number of hydrazone groups is 2. The van der Waals surface area contributed by atoms with Gasteiger partial charge in [-0.05, 0) is 80.4 Å². The maximum atomic E-state index is 11.0. The van der Waals surface area contributed by atoms with Gasteiger partial charge in [0.1, 0.15) is 11.5 Å². The molecule has 0 saturated carbocycles. The van der Waals surface area contributed by atoms with Crippen molar-refractivity contribution in [1.29, 1.82) is 0 Å². The summed E-state index contributed by atoms with van der Waals surface area (Å²) in [4.78, 5) is 4.61. The lowest BCUT2D eigenvalue weighted by Gasteiger charge is -2.37. The van der Waals surface area contributed by atoms with Crippen molar-refractivity contribution in [3.8, 4) is 11.5 Å². The number of aromatic hydroxyl groups is 1. The summed E-state index contributed by atoms with van der Waals surface area (Å²) in [5, 5.41) is 27.3. The maximum absolute atomic E-state index is 11.0. The second-order valence-electron chi connectivity index (χ2n) is 9.73. The molecule has 4 aliphatic rings. The van der Waals surface area contributed by atoms with Crippen LogP contribution in [0.25, 0.3) is 0 Å². The van der Waals surface area contributed by atoms with E-state index in [2.05, 4.69) is 42.2 Å². The highest BCUT2D eigenvalue weighted by Crippen LogP contribution is 2.47. The smallest absolute Gasteiger partial charge is 0.291 e. The molecule has 12 heteroatoms. The molecular weight excluding hydrogens is 668 g/mol. The molecule has 8 rings (SSSR count). The van der Waals surface area contributed by atoms with E-state index in [4.69, 9.17) is 24.4 Å². The molecule has 2 N–H and O–H groups in total. The molecule has 0 saturated heterocycles. The molecule has 0 radical (unpaired) electrons. The number of nitrogens with zero attached hydrogens (tertiary/aromatic N) is 5. The second-order valence-corrected chi connectivity index (χ2v) is 11.4. The Morgan fingerprint density at radius 3 is 2.14 bits per heavy atom. The molecule has 42 heavy (non-hydrogen) atoms. The van der Waals surface area contributed by atoms with Crippen molar-refractivity contribution < 1.29 is 19.3 Å². The molecule has 4 heterocycles. The van der Waals surface area contributed by atoms with Gasteiger partial charge in [0.2, 0.25) is 11.8 Å². The summed E-state index contributed by atoms with van der Waals surface area (Å²) in [5.74, 6) is 1.51. The summed E-state index contributed by atoms with van der Waals surface area (Å²) in [7, 11) is 0. The van der Waals surface area contributed by atoms with Crippen molar-refractivity contribution in [3.05, 3.63) is 116 Å². The highest BCUT2D eigenvalue weighted by molar-refractivity contribution is 9.11. The Morgan fingerprint density at radius 2 is 1.40 bits per heavy atom. The topological polar surface area (TPSA) is 104 Å². The molecule has 0 fully saturated rings. The fourth-order valence-electron chi connectivity index (χ4n) is 5.25. The molecule has 1 unspecified atom stereocenters. The van der Waals surface area contributed by atoms with Gasteiger partial charge in [-0.2, -0.15) is 0 Å². The molecule has 208 valence electrons. The molecule has 0 bridgehead atoms. The van der Waals surface area contributed by atoms with Gasteiger partial charge in [-0.3, -0.25) is 0 Å². The van der Waals surface area contributed by atoms with Crippen LogP contribution in [0, 0.1) is 0 Å². The van der Waals surface area contributed by atoms with Crippen molar-refractivity contribution in [1.82, 2.24) is 5.32 Å². The van der Waals surface area contributed by atoms with Gasteiger partial charge in [0.15, 0.2) is 6.23 Å². The van der Waals surface area contributed by atoms with Crippen LogP contribution in [0.15, 0.2) is 109 Å². The zero-order valence-corrected chi connectivity index (χ0v) is 24.7. The molecule has 3 atom stereocenters. The molecule has 0 amide bonds. The number of anilines is 2. The van der Waals surface area contributed by atoms with Crippen LogP contribution in [0.2, 0.25) is 0 Å². The number of aliphatic imine (C=N–C) groups is 1. The average Bonchev–Trinajstić information content (AvgIpc) is 3.65. The predicted octanol–water partition coefficient (Wildman–Crippen LogP) is 5.99. The minimum atomic E-state index is -0.793. The maximum Gasteiger partial charge on any atom is 0.291 e. The van der Waals surface area contributed by atoms with Gasteiger partial charge in [-0.25, -0.2) is 20.3 Å². The Labute approximate surface area is 256 Å². The number of phenols is 1. The van der Waals surface area contributed by atoms with Gasteiger partial charge in [0.05, 0.1) is 22.5 Å². The summed E-state index contributed by atoms with van der Waals surface area (Å²) < 4.78 is 20.4. The molecule has 0 aliphatic carbocycles. The highest BCUT2D eigenvalue weighted by Gasteiger charge is 2.43. The Kier molecular flexibility index (Phi) is 5.95. The SMILES string of the molecule is Oc1ccc(Br)c2c1C(Oc1ccc(Br)c3c1C=N[C@@H]1OC(c4ccccc4)=NN31)N[C@H]1OC(c3ccccc3)=NN21. The van der Waals surface area contributed by atoms with Gasteiger partial charge < -0.3 is 19.3 Å². The van der Waals surface area contributed by atoms with Crippen LogP contribution in [0.5, 0.6) is 11.5 Å². The van der Waals surface area contributed by atoms with E-state index in [1.807, 2.05) is 72.8 Å². The Bertz CT molecular complexity index is 1820. The number of benzene rings is 4. The van der Waals surface area contributed by atoms with Crippen molar-refractivity contribution in [3.63, 3.8) is 0 Å². The summed E-state index contributed by atoms with van der Waals surface area (Å²) in [5.41, 5.74) is 4.30. The molecule has 4 aromatic carbocycles. The van der Waals surface area contributed by atoms with Gasteiger partial charge in [-0.1, -0.05) is 36.4 Å². The molecule has 10 nitrogen and oxygen atoms in total. The van der Waals surface area contributed by atoms with E-state index >= 15 is 0 Å². The number of hydrogen-bond acceptors (Lipinski definition) is 10. The fourth-order valence-corrected chi connectivity index (χ4v) is 6.30. The zero-order valence-electron chi connectivity index (χ0n) is 21.6. The van der Waals surface area contributed by atoms with E-state index in [9.17, 15) is 5.11 Å². The number of fused-ring (bicyclic) bond motifs is 6. The first kappa shape index (κ1) is 25.3. The standard InChI is InChI=1S/C30H20Br2N6O4/c31-19-12-14-22(18-15-33-29-37(24(18)19)35-26(41-29)16-7-3-1-4-8-16)40-28-23-21(39)13-11-20(32)25(23)38-30(34-28)42-27(36-38)17-9-5-2-6-10-17/h1-15,28-30,34,39H/t28?,29-,30+/m0/s1. The lowest BCUT2D eigenvalue weighted by Crippen LogP contribution is -2.49. The van der Waals surface area contributed by atoms with Crippen LogP contribution in [0.4, 0.5) is 11.4 Å². The Hall–Kier alpha value is -4.39. The summed E-state index contributed by atoms with van der Waals surface area (Å²) >= 11 is 7.32. The normalized spacial score (nSPS) is 21.3. The number of phenolic OH excluding ortho intramolecular Hbond substituents is 1. The average molecular weight is 688 g/mol. The molecule has 0 aromatic heterocycles. The van der Waals surface area contributed by atoms with Crippen LogP contribution in [-0.4, -0.2) is 35.8 Å². The van der Waals surface area contributed by atoms with E-state index in [0.717, 1.165) is 25.8 Å². The summed E-state index contributed by atoms with van der Waals surface area (Å²) in [6.45, 7) is 0. The van der Waals surface area contributed by atoms with Crippen molar-refractivity contribution in [2.24, 2.45) is 15.2 Å². The molecule has 4 aromatic rings. The van der Waals surface area contributed by atoms with Crippen LogP contribution in [0.1, 0.15) is 28.5 Å². The van der Waals surface area contributed by atoms with Crippen LogP contribution < -0.4 is 20.1 Å².